The van der Waals surface area contributed by atoms with Gasteiger partial charge in [-0.15, -0.1) is 0 Å². The van der Waals surface area contributed by atoms with Crippen molar-refractivity contribution in [2.24, 2.45) is 46.3 Å². The molecule has 33 heavy (non-hydrogen) atoms. The molecule has 0 unspecified atom stereocenters. The number of fused-ring (bicyclic) bond motifs is 5. The van der Waals surface area contributed by atoms with Gasteiger partial charge >= 0.3 is 5.97 Å². The second kappa shape index (κ2) is 9.60. The van der Waals surface area contributed by atoms with Crippen LogP contribution in [0.25, 0.3) is 0 Å². The lowest BCUT2D eigenvalue weighted by Gasteiger charge is -2.63. The van der Waals surface area contributed by atoms with Gasteiger partial charge in [-0.05, 0) is 117 Å². The maximum Gasteiger partial charge on any atom is 0.305 e. The van der Waals surface area contributed by atoms with Gasteiger partial charge in [0.15, 0.2) is 8.32 Å². The summed E-state index contributed by atoms with van der Waals surface area (Å²) in [6.07, 6.45) is 14.6. The number of methoxy groups -OCH3 is 1. The van der Waals surface area contributed by atoms with Crippen LogP contribution in [0.2, 0.25) is 19.1 Å². The Morgan fingerprint density at radius 3 is 2.52 bits per heavy atom. The summed E-state index contributed by atoms with van der Waals surface area (Å²) in [6, 6.07) is 1.20. The van der Waals surface area contributed by atoms with E-state index in [0.29, 0.717) is 29.8 Å². The van der Waals surface area contributed by atoms with Gasteiger partial charge in [0.2, 0.25) is 0 Å². The van der Waals surface area contributed by atoms with E-state index in [1.165, 1.54) is 70.9 Å². The second-order valence-electron chi connectivity index (χ2n) is 13.5. The van der Waals surface area contributed by atoms with Crippen molar-refractivity contribution < 1.29 is 14.0 Å². The van der Waals surface area contributed by atoms with Crippen LogP contribution < -0.4 is 0 Å². The number of esters is 1. The van der Waals surface area contributed by atoms with Crippen molar-refractivity contribution >= 4 is 14.3 Å². The molecule has 9 atom stereocenters. The molecule has 190 valence electrons. The van der Waals surface area contributed by atoms with E-state index in [9.17, 15) is 4.79 Å². The largest absolute Gasteiger partial charge is 0.469 e. The van der Waals surface area contributed by atoms with Crippen LogP contribution in [0.15, 0.2) is 0 Å². The van der Waals surface area contributed by atoms with Crippen molar-refractivity contribution in [2.75, 3.05) is 7.11 Å². The van der Waals surface area contributed by atoms with E-state index in [-0.39, 0.29) is 11.4 Å². The molecule has 0 aromatic rings. The minimum Gasteiger partial charge on any atom is -0.469 e. The summed E-state index contributed by atoms with van der Waals surface area (Å²) in [4.78, 5) is 11.9. The molecule has 0 saturated heterocycles. The van der Waals surface area contributed by atoms with E-state index in [1.807, 2.05) is 0 Å². The van der Waals surface area contributed by atoms with Crippen molar-refractivity contribution in [1.29, 1.82) is 0 Å². The highest BCUT2D eigenvalue weighted by molar-refractivity contribution is 6.71. The Balaban J connectivity index is 1.65. The predicted molar refractivity (Wildman–Crippen MR) is 138 cm³/mol. The zero-order valence-electron chi connectivity index (χ0n) is 22.8. The predicted octanol–water partition coefficient (Wildman–Crippen LogP) is 7.84. The Kier molecular flexibility index (Phi) is 7.48. The van der Waals surface area contributed by atoms with Gasteiger partial charge < -0.3 is 9.16 Å². The zero-order chi connectivity index (χ0) is 24.0. The van der Waals surface area contributed by atoms with E-state index in [1.54, 1.807) is 0 Å². The molecule has 0 N–H and O–H groups in total. The molecule has 0 aromatic heterocycles. The molecule has 4 rings (SSSR count). The summed E-state index contributed by atoms with van der Waals surface area (Å²) >= 11 is 0. The van der Waals surface area contributed by atoms with Crippen LogP contribution in [0.1, 0.15) is 98.3 Å². The van der Waals surface area contributed by atoms with Crippen LogP contribution in [0, 0.1) is 46.3 Å². The van der Waals surface area contributed by atoms with Crippen LogP contribution in [-0.2, 0) is 14.0 Å². The van der Waals surface area contributed by atoms with E-state index >= 15 is 0 Å². The van der Waals surface area contributed by atoms with Gasteiger partial charge in [-0.25, -0.2) is 0 Å². The topological polar surface area (TPSA) is 35.5 Å². The number of carbonyl (C=O) groups is 1. The average molecular weight is 477 g/mol. The fourth-order valence-corrected chi connectivity index (χ4v) is 10.8. The van der Waals surface area contributed by atoms with E-state index in [4.69, 9.17) is 9.16 Å². The van der Waals surface area contributed by atoms with Crippen LogP contribution in [0.4, 0.5) is 0 Å². The van der Waals surface area contributed by atoms with E-state index < -0.39 is 8.32 Å². The summed E-state index contributed by atoms with van der Waals surface area (Å²) in [5, 5.41) is 0. The molecule has 4 aliphatic carbocycles. The second-order valence-corrected chi connectivity index (χ2v) is 18.0. The normalized spacial score (nSPS) is 43.8. The Morgan fingerprint density at radius 2 is 1.82 bits per heavy atom. The molecular formula is C29H52O3Si. The molecule has 0 aliphatic heterocycles. The van der Waals surface area contributed by atoms with Gasteiger partial charge in [0.25, 0.3) is 0 Å². The Labute approximate surface area is 205 Å². The molecular weight excluding hydrogens is 424 g/mol. The van der Waals surface area contributed by atoms with Gasteiger partial charge in [0.1, 0.15) is 0 Å². The van der Waals surface area contributed by atoms with Gasteiger partial charge in [-0.3, -0.25) is 4.79 Å². The molecule has 0 spiro atoms. The standard InChI is InChI=1S/C29H52O3Si/c1-8-33(6,7)32-26-19-25-22(14-13-21-11-9-10-18-28(21,25)3)24-16-15-23(29(24,26)4)20(2)12-17-27(30)31-5/h20-26H,8-19H2,1-7H3/t20-,21-,22+,23-,24+,25+,26+,28+,29-/m1/s1. The molecule has 0 amide bonds. The third-order valence-electron chi connectivity index (χ3n) is 11.8. The van der Waals surface area contributed by atoms with E-state index in [2.05, 4.69) is 40.8 Å². The minimum absolute atomic E-state index is 0.0545. The molecule has 3 nitrogen and oxygen atoms in total. The number of carbonyl (C=O) groups excluding carboxylic acids is 1. The Hall–Kier alpha value is -0.353. The highest BCUT2D eigenvalue weighted by Gasteiger charge is 2.64. The zero-order valence-corrected chi connectivity index (χ0v) is 23.8. The monoisotopic (exact) mass is 476 g/mol. The van der Waals surface area contributed by atoms with Crippen LogP contribution in [0.3, 0.4) is 0 Å². The lowest BCUT2D eigenvalue weighted by atomic mass is 9.44. The first-order chi connectivity index (χ1) is 15.6. The van der Waals surface area contributed by atoms with Gasteiger partial charge in [0.05, 0.1) is 13.2 Å². The third kappa shape index (κ3) is 4.50. The van der Waals surface area contributed by atoms with Crippen LogP contribution in [0.5, 0.6) is 0 Å². The lowest BCUT2D eigenvalue weighted by molar-refractivity contribution is -0.163. The minimum atomic E-state index is -1.68. The maximum atomic E-state index is 11.9. The summed E-state index contributed by atoms with van der Waals surface area (Å²) < 4.78 is 12.3. The number of hydrogen-bond acceptors (Lipinski definition) is 3. The van der Waals surface area contributed by atoms with Crippen LogP contribution >= 0.6 is 0 Å². The van der Waals surface area contributed by atoms with Gasteiger partial charge in [-0.1, -0.05) is 40.5 Å². The first-order valence-corrected chi connectivity index (χ1v) is 17.4. The van der Waals surface area contributed by atoms with Crippen molar-refractivity contribution in [3.05, 3.63) is 0 Å². The molecule has 4 aliphatic rings. The fraction of sp³-hybridized carbons (Fsp3) is 0.966. The van der Waals surface area contributed by atoms with Gasteiger partial charge in [-0.2, -0.15) is 0 Å². The summed E-state index contributed by atoms with van der Waals surface area (Å²) in [6.45, 7) is 14.9. The molecule has 0 aromatic carbocycles. The highest BCUT2D eigenvalue weighted by atomic mass is 28.4. The quantitative estimate of drug-likeness (QED) is 0.277. The maximum absolute atomic E-state index is 11.9. The van der Waals surface area contributed by atoms with Crippen LogP contribution in [-0.4, -0.2) is 27.5 Å². The number of hydrogen-bond donors (Lipinski definition) is 0. The van der Waals surface area contributed by atoms with Crippen molar-refractivity contribution in [2.45, 2.75) is 124 Å². The molecule has 0 bridgehead atoms. The molecule has 4 fully saturated rings. The number of ether oxygens (including phenoxy) is 1. The lowest BCUT2D eigenvalue weighted by Crippen LogP contribution is -2.60. The Morgan fingerprint density at radius 1 is 1.06 bits per heavy atom. The summed E-state index contributed by atoms with van der Waals surface area (Å²) in [5.74, 6) is 4.65. The molecule has 4 saturated carbocycles. The first-order valence-electron chi connectivity index (χ1n) is 14.3. The third-order valence-corrected chi connectivity index (χ3v) is 14.4. The van der Waals surface area contributed by atoms with Crippen molar-refractivity contribution in [3.63, 3.8) is 0 Å². The van der Waals surface area contributed by atoms with Gasteiger partial charge in [0, 0.05) is 6.42 Å². The average Bonchev–Trinajstić information content (AvgIpc) is 3.15. The smallest absolute Gasteiger partial charge is 0.305 e. The number of rotatable bonds is 7. The van der Waals surface area contributed by atoms with E-state index in [0.717, 1.165) is 30.1 Å². The fourth-order valence-electron chi connectivity index (χ4n) is 9.49. The SMILES string of the molecule is CC[Si](C)(C)O[C@H]1C[C@H]2[C@@H](CC[C@H]3CCCC[C@@]32C)[C@@H]2CC[C@H]([C@H](C)CCC(=O)OC)[C@@]12C. The first kappa shape index (κ1) is 25.7. The molecule has 4 heteroatoms. The van der Waals surface area contributed by atoms with Crippen molar-refractivity contribution in [3.8, 4) is 0 Å². The molecule has 0 heterocycles. The summed E-state index contributed by atoms with van der Waals surface area (Å²) in [5.41, 5.74) is 0.796. The highest BCUT2D eigenvalue weighted by Crippen LogP contribution is 2.69. The van der Waals surface area contributed by atoms with Crippen molar-refractivity contribution in [1.82, 2.24) is 0 Å². The molecule has 0 radical (unpaired) electrons. The Bertz CT molecular complexity index is 707. The summed E-state index contributed by atoms with van der Waals surface area (Å²) in [7, 11) is -0.158.